The van der Waals surface area contributed by atoms with Crippen LogP contribution in [0.25, 0.3) is 6.08 Å². The van der Waals surface area contributed by atoms with Crippen molar-refractivity contribution in [2.24, 2.45) is 0 Å². The van der Waals surface area contributed by atoms with Gasteiger partial charge in [-0.2, -0.15) is 0 Å². The van der Waals surface area contributed by atoms with Crippen molar-refractivity contribution in [2.45, 2.75) is 43.4 Å². The summed E-state index contributed by atoms with van der Waals surface area (Å²) in [6.07, 6.45) is 10.3. The number of carbonyl (C=O) groups excluding carboxylic acids is 2. The first-order valence-corrected chi connectivity index (χ1v) is 10.6. The molecule has 3 saturated heterocycles. The fourth-order valence-electron chi connectivity index (χ4n) is 5.26. The van der Waals surface area contributed by atoms with Gasteiger partial charge in [0.2, 0.25) is 5.91 Å². The molecule has 0 radical (unpaired) electrons. The van der Waals surface area contributed by atoms with Gasteiger partial charge >= 0.3 is 0 Å². The SMILES string of the molecule is O=C(/C=C/c1ccccc1)N1CCOC2(C[C@H]3CC[C@@H](C2)N3C(=O)c2ncc[nH]2)C1. The minimum atomic E-state index is -0.361. The monoisotopic (exact) mass is 406 g/mol. The highest BCUT2D eigenvalue weighted by Gasteiger charge is 2.53. The molecule has 3 aliphatic rings. The predicted molar refractivity (Wildman–Crippen MR) is 112 cm³/mol. The number of morpholine rings is 1. The number of aromatic nitrogens is 2. The van der Waals surface area contributed by atoms with Crippen molar-refractivity contribution >= 4 is 17.9 Å². The van der Waals surface area contributed by atoms with Crippen molar-refractivity contribution in [3.05, 3.63) is 60.2 Å². The summed E-state index contributed by atoms with van der Waals surface area (Å²) in [6, 6.07) is 10.1. The van der Waals surface area contributed by atoms with Gasteiger partial charge in [-0.3, -0.25) is 9.59 Å². The van der Waals surface area contributed by atoms with Crippen LogP contribution in [-0.2, 0) is 9.53 Å². The van der Waals surface area contributed by atoms with Gasteiger partial charge < -0.3 is 19.5 Å². The molecule has 2 bridgehead atoms. The van der Waals surface area contributed by atoms with Crippen LogP contribution in [0.5, 0.6) is 0 Å². The van der Waals surface area contributed by atoms with Crippen LogP contribution in [0.15, 0.2) is 48.8 Å². The Morgan fingerprint density at radius 3 is 2.63 bits per heavy atom. The van der Waals surface area contributed by atoms with Crippen LogP contribution < -0.4 is 0 Å². The zero-order chi connectivity index (χ0) is 20.6. The molecule has 2 amide bonds. The van der Waals surface area contributed by atoms with Gasteiger partial charge in [-0.1, -0.05) is 30.3 Å². The van der Waals surface area contributed by atoms with Gasteiger partial charge in [0.15, 0.2) is 5.82 Å². The Labute approximate surface area is 175 Å². The molecule has 3 aliphatic heterocycles. The highest BCUT2D eigenvalue weighted by molar-refractivity contribution is 5.92. The van der Waals surface area contributed by atoms with Crippen LogP contribution in [0.2, 0.25) is 0 Å². The summed E-state index contributed by atoms with van der Waals surface area (Å²) in [7, 11) is 0. The summed E-state index contributed by atoms with van der Waals surface area (Å²) in [6.45, 7) is 1.72. The summed E-state index contributed by atoms with van der Waals surface area (Å²) in [5.41, 5.74) is 0.650. The maximum atomic E-state index is 12.9. The molecule has 1 N–H and O–H groups in total. The van der Waals surface area contributed by atoms with E-state index in [-0.39, 0.29) is 29.5 Å². The van der Waals surface area contributed by atoms with Gasteiger partial charge in [0.1, 0.15) is 0 Å². The molecule has 1 unspecified atom stereocenters. The van der Waals surface area contributed by atoms with Crippen LogP contribution in [0.1, 0.15) is 41.9 Å². The number of imidazole rings is 1. The van der Waals surface area contributed by atoms with Crippen LogP contribution in [0.4, 0.5) is 0 Å². The van der Waals surface area contributed by atoms with E-state index in [0.717, 1.165) is 31.2 Å². The van der Waals surface area contributed by atoms with Crippen LogP contribution in [-0.4, -0.2) is 69.0 Å². The number of fused-ring (bicyclic) bond motifs is 2. The van der Waals surface area contributed by atoms with Gasteiger partial charge in [0.05, 0.1) is 18.8 Å². The van der Waals surface area contributed by atoms with Gasteiger partial charge in [0, 0.05) is 37.1 Å². The second-order valence-corrected chi connectivity index (χ2v) is 8.48. The minimum absolute atomic E-state index is 0.0166. The van der Waals surface area contributed by atoms with E-state index in [1.165, 1.54) is 0 Å². The average Bonchev–Trinajstić information content (AvgIpc) is 3.40. The van der Waals surface area contributed by atoms with Crippen molar-refractivity contribution in [3.63, 3.8) is 0 Å². The lowest BCUT2D eigenvalue weighted by molar-refractivity contribution is -0.160. The zero-order valence-corrected chi connectivity index (χ0v) is 16.9. The van der Waals surface area contributed by atoms with Crippen molar-refractivity contribution in [1.82, 2.24) is 19.8 Å². The molecule has 2 aromatic rings. The lowest BCUT2D eigenvalue weighted by atomic mass is 9.84. The van der Waals surface area contributed by atoms with Crippen molar-refractivity contribution in [3.8, 4) is 0 Å². The van der Waals surface area contributed by atoms with E-state index < -0.39 is 0 Å². The molecule has 30 heavy (non-hydrogen) atoms. The van der Waals surface area contributed by atoms with E-state index in [9.17, 15) is 9.59 Å². The minimum Gasteiger partial charge on any atom is -0.371 e. The fraction of sp³-hybridized carbons (Fsp3) is 0.435. The normalized spacial score (nSPS) is 28.4. The predicted octanol–water partition coefficient (Wildman–Crippen LogP) is 2.49. The molecule has 156 valence electrons. The number of hydrogen-bond acceptors (Lipinski definition) is 4. The second-order valence-electron chi connectivity index (χ2n) is 8.48. The van der Waals surface area contributed by atoms with E-state index >= 15 is 0 Å². The number of rotatable bonds is 3. The third-order valence-corrected chi connectivity index (χ3v) is 6.55. The topological polar surface area (TPSA) is 78.5 Å². The number of aromatic amines is 1. The number of nitrogens with one attached hydrogen (secondary N) is 1. The number of nitrogens with zero attached hydrogens (tertiary/aromatic N) is 3. The Morgan fingerprint density at radius 1 is 1.17 bits per heavy atom. The zero-order valence-electron chi connectivity index (χ0n) is 16.9. The maximum absolute atomic E-state index is 12.9. The first kappa shape index (κ1) is 19.1. The molecule has 0 saturated carbocycles. The van der Waals surface area contributed by atoms with Crippen LogP contribution >= 0.6 is 0 Å². The largest absolute Gasteiger partial charge is 0.371 e. The van der Waals surface area contributed by atoms with Gasteiger partial charge in [-0.05, 0) is 37.3 Å². The number of H-pyrrole nitrogens is 1. The maximum Gasteiger partial charge on any atom is 0.290 e. The Morgan fingerprint density at radius 2 is 1.93 bits per heavy atom. The fourth-order valence-corrected chi connectivity index (χ4v) is 5.26. The smallest absolute Gasteiger partial charge is 0.290 e. The molecule has 4 heterocycles. The molecule has 7 nitrogen and oxygen atoms in total. The Kier molecular flexibility index (Phi) is 4.90. The van der Waals surface area contributed by atoms with Gasteiger partial charge in [-0.25, -0.2) is 4.98 Å². The number of hydrogen-bond donors (Lipinski definition) is 1. The summed E-state index contributed by atoms with van der Waals surface area (Å²) < 4.78 is 6.27. The number of piperidine rings is 1. The van der Waals surface area contributed by atoms with E-state index in [2.05, 4.69) is 9.97 Å². The molecule has 3 atom stereocenters. The van der Waals surface area contributed by atoms with Crippen LogP contribution in [0.3, 0.4) is 0 Å². The molecule has 1 aromatic carbocycles. The van der Waals surface area contributed by atoms with E-state index in [0.29, 0.717) is 25.5 Å². The number of ether oxygens (including phenoxy) is 1. The quantitative estimate of drug-likeness (QED) is 0.795. The van der Waals surface area contributed by atoms with Crippen molar-refractivity contribution < 1.29 is 14.3 Å². The molecular formula is C23H26N4O3. The molecular weight excluding hydrogens is 380 g/mol. The summed E-state index contributed by atoms with van der Waals surface area (Å²) >= 11 is 0. The van der Waals surface area contributed by atoms with Crippen molar-refractivity contribution in [2.75, 3.05) is 19.7 Å². The first-order chi connectivity index (χ1) is 14.6. The molecule has 5 rings (SSSR count). The number of amides is 2. The summed E-state index contributed by atoms with van der Waals surface area (Å²) in [4.78, 5) is 36.7. The standard InChI is InChI=1S/C23H26N4O3/c28-20(9-6-17-4-2-1-3-5-17)26-12-13-30-23(16-26)14-18-7-8-19(15-23)27(18)22(29)21-24-10-11-25-21/h1-6,9-11,18-19H,7-8,12-16H2,(H,24,25)/b9-6+/t18-,19+,23?. The molecule has 0 aliphatic carbocycles. The lowest BCUT2D eigenvalue weighted by Crippen LogP contribution is -2.61. The summed E-state index contributed by atoms with van der Waals surface area (Å²) in [5.74, 6) is 0.384. The van der Waals surface area contributed by atoms with E-state index in [1.807, 2.05) is 46.2 Å². The molecule has 1 aromatic heterocycles. The molecule has 3 fully saturated rings. The van der Waals surface area contributed by atoms with E-state index in [4.69, 9.17) is 4.74 Å². The number of carbonyl (C=O) groups is 2. The Hall–Kier alpha value is -2.93. The first-order valence-electron chi connectivity index (χ1n) is 10.6. The Bertz CT molecular complexity index is 927. The molecule has 1 spiro atoms. The van der Waals surface area contributed by atoms with Gasteiger partial charge in [-0.15, -0.1) is 0 Å². The third-order valence-electron chi connectivity index (χ3n) is 6.55. The van der Waals surface area contributed by atoms with Gasteiger partial charge in [0.25, 0.3) is 5.91 Å². The highest BCUT2D eigenvalue weighted by atomic mass is 16.5. The Balaban J connectivity index is 1.28. The van der Waals surface area contributed by atoms with Crippen LogP contribution in [0, 0.1) is 0 Å². The second kappa shape index (κ2) is 7.72. The lowest BCUT2D eigenvalue weighted by Gasteiger charge is -2.50. The third kappa shape index (κ3) is 3.54. The van der Waals surface area contributed by atoms with E-state index in [1.54, 1.807) is 18.5 Å². The van der Waals surface area contributed by atoms with Crippen molar-refractivity contribution in [1.29, 1.82) is 0 Å². The highest BCUT2D eigenvalue weighted by Crippen LogP contribution is 2.44. The average molecular weight is 406 g/mol. The number of benzene rings is 1. The summed E-state index contributed by atoms with van der Waals surface area (Å²) in [5, 5.41) is 0. The molecule has 7 heteroatoms.